The van der Waals surface area contributed by atoms with Crippen molar-refractivity contribution in [2.45, 2.75) is 37.7 Å². The summed E-state index contributed by atoms with van der Waals surface area (Å²) in [5.74, 6) is 0. The second-order valence-electron chi connectivity index (χ2n) is 3.85. The van der Waals surface area contributed by atoms with Gasteiger partial charge in [0.2, 0.25) is 0 Å². The van der Waals surface area contributed by atoms with Gasteiger partial charge in [0.1, 0.15) is 0 Å². The Labute approximate surface area is 95.7 Å². The van der Waals surface area contributed by atoms with E-state index in [0.29, 0.717) is 12.0 Å². The van der Waals surface area contributed by atoms with Crippen LogP contribution in [0.5, 0.6) is 0 Å². The first kappa shape index (κ1) is 13.2. The summed E-state index contributed by atoms with van der Waals surface area (Å²) in [6.45, 7) is 3.64. The second kappa shape index (κ2) is 4.95. The predicted molar refractivity (Wildman–Crippen MR) is 61.0 cm³/mol. The molecule has 0 amide bonds. The van der Waals surface area contributed by atoms with Crippen molar-refractivity contribution in [3.63, 3.8) is 0 Å². The Hall–Kier alpha value is -0.910. The van der Waals surface area contributed by atoms with Gasteiger partial charge in [0.05, 0.1) is 11.0 Å². The maximum atomic E-state index is 11.1. The zero-order valence-electron chi connectivity index (χ0n) is 9.34. The van der Waals surface area contributed by atoms with Gasteiger partial charge >= 0.3 is 0 Å². The molecule has 0 spiro atoms. The van der Waals surface area contributed by atoms with Gasteiger partial charge in [0.25, 0.3) is 10.1 Å². The minimum absolute atomic E-state index is 0.120. The third-order valence-corrected chi connectivity index (χ3v) is 3.37. The Kier molecular flexibility index (Phi) is 4.07. The molecule has 0 saturated heterocycles. The quantitative estimate of drug-likeness (QED) is 0.788. The maximum absolute atomic E-state index is 11.1. The summed E-state index contributed by atoms with van der Waals surface area (Å²) < 4.78 is 31.3. The number of hydrogen-bond donors (Lipinski definition) is 2. The highest BCUT2D eigenvalue weighted by Gasteiger charge is 2.17. The fraction of sp³-hybridized carbons (Fsp3) is 0.455. The van der Waals surface area contributed by atoms with Crippen LogP contribution in [0.1, 0.15) is 24.5 Å². The molecule has 1 rings (SSSR count). The van der Waals surface area contributed by atoms with E-state index in [4.69, 9.17) is 4.55 Å². The maximum Gasteiger partial charge on any atom is 0.294 e. The van der Waals surface area contributed by atoms with Crippen LogP contribution in [0.2, 0.25) is 0 Å². The molecule has 0 heterocycles. The Morgan fingerprint density at radius 3 is 2.50 bits per heavy atom. The van der Waals surface area contributed by atoms with Crippen molar-refractivity contribution in [3.8, 4) is 0 Å². The van der Waals surface area contributed by atoms with E-state index < -0.39 is 16.2 Å². The van der Waals surface area contributed by atoms with E-state index in [1.165, 1.54) is 6.07 Å². The minimum atomic E-state index is -4.22. The summed E-state index contributed by atoms with van der Waals surface area (Å²) in [7, 11) is -4.22. The fourth-order valence-electron chi connectivity index (χ4n) is 1.52. The average Bonchev–Trinajstić information content (AvgIpc) is 2.15. The molecule has 1 aromatic rings. The van der Waals surface area contributed by atoms with Gasteiger partial charge in [-0.25, -0.2) is 0 Å². The van der Waals surface area contributed by atoms with Gasteiger partial charge in [-0.3, -0.25) is 4.55 Å². The Morgan fingerprint density at radius 2 is 2.00 bits per heavy atom. The molecule has 1 atom stereocenters. The zero-order valence-corrected chi connectivity index (χ0v) is 10.2. The van der Waals surface area contributed by atoms with Gasteiger partial charge in [-0.1, -0.05) is 24.6 Å². The molecule has 4 nitrogen and oxygen atoms in total. The molecular weight excluding hydrogens is 228 g/mol. The van der Waals surface area contributed by atoms with E-state index in [1.54, 1.807) is 12.1 Å². The van der Waals surface area contributed by atoms with Crippen LogP contribution in [-0.2, 0) is 16.5 Å². The van der Waals surface area contributed by atoms with E-state index in [9.17, 15) is 13.5 Å². The van der Waals surface area contributed by atoms with E-state index in [2.05, 4.69) is 0 Å². The molecule has 1 unspecified atom stereocenters. The summed E-state index contributed by atoms with van der Waals surface area (Å²) in [5, 5.41) is 9.52. The van der Waals surface area contributed by atoms with Gasteiger partial charge in [0.15, 0.2) is 0 Å². The van der Waals surface area contributed by atoms with Gasteiger partial charge < -0.3 is 5.11 Å². The van der Waals surface area contributed by atoms with Crippen LogP contribution in [0.25, 0.3) is 0 Å². The van der Waals surface area contributed by atoms with Crippen molar-refractivity contribution in [1.29, 1.82) is 0 Å². The molecule has 0 bridgehead atoms. The van der Waals surface area contributed by atoms with Crippen molar-refractivity contribution in [1.82, 2.24) is 0 Å². The molecule has 0 fully saturated rings. The molecule has 0 aliphatic carbocycles. The molecule has 0 aromatic heterocycles. The Balaban J connectivity index is 3.19. The normalized spacial score (nSPS) is 13.8. The van der Waals surface area contributed by atoms with Crippen molar-refractivity contribution in [2.24, 2.45) is 0 Å². The highest BCUT2D eigenvalue weighted by atomic mass is 32.2. The number of benzene rings is 1. The smallest absolute Gasteiger partial charge is 0.294 e. The molecule has 0 saturated carbocycles. The number of aryl methyl sites for hydroxylation is 1. The first-order valence-corrected chi connectivity index (χ1v) is 6.53. The summed E-state index contributed by atoms with van der Waals surface area (Å²) in [6.07, 6.45) is 0.175. The van der Waals surface area contributed by atoms with Gasteiger partial charge in [-0.05, 0) is 31.4 Å². The standard InChI is InChI=1S/C11H16O4S/c1-3-10(12)7-9-6-8(2)4-5-11(9)16(13,14)15/h4-6,10,12H,3,7H2,1-2H3,(H,13,14,15). The average molecular weight is 244 g/mol. The first-order chi connectivity index (χ1) is 7.34. The number of hydrogen-bond acceptors (Lipinski definition) is 3. The molecule has 1 aromatic carbocycles. The monoisotopic (exact) mass is 244 g/mol. The van der Waals surface area contributed by atoms with Crippen LogP contribution < -0.4 is 0 Å². The molecule has 5 heteroatoms. The predicted octanol–water partition coefficient (Wildman–Crippen LogP) is 1.56. The van der Waals surface area contributed by atoms with Crippen LogP contribution in [-0.4, -0.2) is 24.2 Å². The molecule has 0 aliphatic heterocycles. The van der Waals surface area contributed by atoms with E-state index in [0.717, 1.165) is 5.56 Å². The van der Waals surface area contributed by atoms with E-state index >= 15 is 0 Å². The summed E-state index contributed by atoms with van der Waals surface area (Å²) in [5.41, 5.74) is 1.35. The van der Waals surface area contributed by atoms with Gasteiger partial charge in [-0.15, -0.1) is 0 Å². The van der Waals surface area contributed by atoms with Crippen LogP contribution in [0, 0.1) is 6.92 Å². The van der Waals surface area contributed by atoms with Crippen molar-refractivity contribution in [3.05, 3.63) is 29.3 Å². The molecule has 2 N–H and O–H groups in total. The van der Waals surface area contributed by atoms with Crippen LogP contribution in [0.15, 0.2) is 23.1 Å². The SMILES string of the molecule is CCC(O)Cc1cc(C)ccc1S(=O)(=O)O. The lowest BCUT2D eigenvalue weighted by atomic mass is 10.0. The molecule has 0 radical (unpaired) electrons. The number of aliphatic hydroxyl groups is 1. The lowest BCUT2D eigenvalue weighted by Gasteiger charge is -2.11. The summed E-state index contributed by atoms with van der Waals surface area (Å²) in [4.78, 5) is -0.120. The number of aliphatic hydroxyl groups excluding tert-OH is 1. The molecule has 90 valence electrons. The van der Waals surface area contributed by atoms with Crippen molar-refractivity contribution < 1.29 is 18.1 Å². The van der Waals surface area contributed by atoms with E-state index in [-0.39, 0.29) is 11.3 Å². The summed E-state index contributed by atoms with van der Waals surface area (Å²) >= 11 is 0. The first-order valence-electron chi connectivity index (χ1n) is 5.09. The third-order valence-electron chi connectivity index (χ3n) is 2.42. The van der Waals surface area contributed by atoms with E-state index in [1.807, 2.05) is 13.8 Å². The number of rotatable bonds is 4. The zero-order chi connectivity index (χ0) is 12.3. The molecule has 16 heavy (non-hydrogen) atoms. The van der Waals surface area contributed by atoms with Gasteiger partial charge in [0, 0.05) is 0 Å². The highest BCUT2D eigenvalue weighted by Crippen LogP contribution is 2.19. The van der Waals surface area contributed by atoms with Gasteiger partial charge in [-0.2, -0.15) is 8.42 Å². The van der Waals surface area contributed by atoms with Crippen LogP contribution >= 0.6 is 0 Å². The van der Waals surface area contributed by atoms with Crippen molar-refractivity contribution in [2.75, 3.05) is 0 Å². The molecular formula is C11H16O4S. The minimum Gasteiger partial charge on any atom is -0.393 e. The Morgan fingerprint density at radius 1 is 1.38 bits per heavy atom. The largest absolute Gasteiger partial charge is 0.393 e. The summed E-state index contributed by atoms with van der Waals surface area (Å²) in [6, 6.07) is 4.65. The van der Waals surface area contributed by atoms with Crippen molar-refractivity contribution >= 4 is 10.1 Å². The van der Waals surface area contributed by atoms with Crippen LogP contribution in [0.3, 0.4) is 0 Å². The fourth-order valence-corrected chi connectivity index (χ4v) is 2.23. The Bertz CT molecular complexity index is 465. The lowest BCUT2D eigenvalue weighted by Crippen LogP contribution is -2.12. The lowest BCUT2D eigenvalue weighted by molar-refractivity contribution is 0.170. The van der Waals surface area contributed by atoms with Crippen LogP contribution in [0.4, 0.5) is 0 Å². The third kappa shape index (κ3) is 3.30. The highest BCUT2D eigenvalue weighted by molar-refractivity contribution is 7.85. The second-order valence-corrected chi connectivity index (χ2v) is 5.24. The molecule has 0 aliphatic rings. The topological polar surface area (TPSA) is 74.6 Å².